The maximum absolute atomic E-state index is 11.6. The molecular weight excluding hydrogens is 232 g/mol. The van der Waals surface area contributed by atoms with Crippen LogP contribution in [0, 0.1) is 6.92 Å². The predicted molar refractivity (Wildman–Crippen MR) is 69.3 cm³/mol. The molecule has 1 heterocycles. The summed E-state index contributed by atoms with van der Waals surface area (Å²) >= 11 is 1.43. The lowest BCUT2D eigenvalue weighted by molar-refractivity contribution is 0.0950. The molecular formula is C13H14N2OS. The van der Waals surface area contributed by atoms with E-state index in [2.05, 4.69) is 35.4 Å². The fraction of sp³-hybridized carbons (Fsp3) is 0.231. The van der Waals surface area contributed by atoms with Gasteiger partial charge in [0, 0.05) is 11.9 Å². The minimum absolute atomic E-state index is 0.0982. The summed E-state index contributed by atoms with van der Waals surface area (Å²) < 4.78 is 0. The summed E-state index contributed by atoms with van der Waals surface area (Å²) in [6.07, 6.45) is 0.845. The van der Waals surface area contributed by atoms with Crippen LogP contribution >= 0.6 is 11.3 Å². The SMILES string of the molecule is Cc1cccc(CCNC(=O)c2cscn2)c1. The zero-order valence-electron chi connectivity index (χ0n) is 9.64. The lowest BCUT2D eigenvalue weighted by Crippen LogP contribution is -2.25. The largest absolute Gasteiger partial charge is 0.350 e. The zero-order chi connectivity index (χ0) is 12.1. The van der Waals surface area contributed by atoms with Gasteiger partial charge in [0.15, 0.2) is 0 Å². The van der Waals surface area contributed by atoms with Gasteiger partial charge >= 0.3 is 0 Å². The number of aryl methyl sites for hydroxylation is 1. The molecule has 0 aliphatic rings. The first kappa shape index (κ1) is 11.8. The monoisotopic (exact) mass is 246 g/mol. The summed E-state index contributed by atoms with van der Waals surface area (Å²) in [6, 6.07) is 8.31. The predicted octanol–water partition coefficient (Wildman–Crippen LogP) is 2.42. The molecule has 1 aromatic carbocycles. The highest BCUT2D eigenvalue weighted by Gasteiger charge is 2.05. The van der Waals surface area contributed by atoms with E-state index in [0.29, 0.717) is 12.2 Å². The van der Waals surface area contributed by atoms with E-state index in [-0.39, 0.29) is 5.91 Å². The number of carbonyl (C=O) groups excluding carboxylic acids is 1. The lowest BCUT2D eigenvalue weighted by atomic mass is 10.1. The topological polar surface area (TPSA) is 42.0 Å². The van der Waals surface area contributed by atoms with Gasteiger partial charge < -0.3 is 5.32 Å². The van der Waals surface area contributed by atoms with Crippen molar-refractivity contribution in [1.82, 2.24) is 10.3 Å². The van der Waals surface area contributed by atoms with E-state index >= 15 is 0 Å². The summed E-state index contributed by atoms with van der Waals surface area (Å²) in [4.78, 5) is 15.6. The van der Waals surface area contributed by atoms with Crippen LogP contribution in [0.1, 0.15) is 21.6 Å². The Labute approximate surface area is 105 Å². The number of thiazole rings is 1. The van der Waals surface area contributed by atoms with Gasteiger partial charge in [0.2, 0.25) is 0 Å². The maximum atomic E-state index is 11.6. The van der Waals surface area contributed by atoms with Gasteiger partial charge in [0.1, 0.15) is 5.69 Å². The molecule has 0 saturated carbocycles. The van der Waals surface area contributed by atoms with E-state index in [1.54, 1.807) is 10.9 Å². The second kappa shape index (κ2) is 5.59. The van der Waals surface area contributed by atoms with E-state index in [9.17, 15) is 4.79 Å². The van der Waals surface area contributed by atoms with Crippen LogP contribution in [0.3, 0.4) is 0 Å². The number of nitrogens with zero attached hydrogens (tertiary/aromatic N) is 1. The third-order valence-corrected chi connectivity index (χ3v) is 3.03. The molecule has 3 nitrogen and oxygen atoms in total. The Morgan fingerprint density at radius 1 is 1.47 bits per heavy atom. The zero-order valence-corrected chi connectivity index (χ0v) is 10.5. The molecule has 0 radical (unpaired) electrons. The minimum Gasteiger partial charge on any atom is -0.350 e. The number of nitrogens with one attached hydrogen (secondary N) is 1. The first-order valence-corrected chi connectivity index (χ1v) is 6.42. The normalized spacial score (nSPS) is 10.2. The molecule has 88 valence electrons. The van der Waals surface area contributed by atoms with Crippen LogP contribution in [0.2, 0.25) is 0 Å². The van der Waals surface area contributed by atoms with Crippen LogP contribution in [-0.4, -0.2) is 17.4 Å². The number of benzene rings is 1. The number of hydrogen-bond acceptors (Lipinski definition) is 3. The van der Waals surface area contributed by atoms with Gasteiger partial charge in [-0.1, -0.05) is 29.8 Å². The number of carbonyl (C=O) groups is 1. The molecule has 0 aliphatic carbocycles. The Bertz CT molecular complexity index is 494. The van der Waals surface area contributed by atoms with Gasteiger partial charge in [-0.3, -0.25) is 4.79 Å². The van der Waals surface area contributed by atoms with Gasteiger partial charge in [0.05, 0.1) is 5.51 Å². The quantitative estimate of drug-likeness (QED) is 0.900. The molecule has 0 unspecified atom stereocenters. The first-order chi connectivity index (χ1) is 8.25. The van der Waals surface area contributed by atoms with Crippen LogP contribution in [0.25, 0.3) is 0 Å². The van der Waals surface area contributed by atoms with E-state index in [1.807, 2.05) is 6.07 Å². The maximum Gasteiger partial charge on any atom is 0.270 e. The van der Waals surface area contributed by atoms with E-state index in [1.165, 1.54) is 22.5 Å². The van der Waals surface area contributed by atoms with Crippen molar-refractivity contribution in [3.63, 3.8) is 0 Å². The van der Waals surface area contributed by atoms with E-state index < -0.39 is 0 Å². The van der Waals surface area contributed by atoms with Crippen molar-refractivity contribution in [2.45, 2.75) is 13.3 Å². The minimum atomic E-state index is -0.0982. The van der Waals surface area contributed by atoms with Crippen LogP contribution in [-0.2, 0) is 6.42 Å². The second-order valence-electron chi connectivity index (χ2n) is 3.87. The molecule has 0 bridgehead atoms. The van der Waals surface area contributed by atoms with Crippen molar-refractivity contribution in [3.05, 3.63) is 52.0 Å². The molecule has 1 amide bonds. The molecule has 2 aromatic rings. The highest BCUT2D eigenvalue weighted by atomic mass is 32.1. The lowest BCUT2D eigenvalue weighted by Gasteiger charge is -2.04. The summed E-state index contributed by atoms with van der Waals surface area (Å²) in [5, 5.41) is 4.61. The molecule has 2 rings (SSSR count). The van der Waals surface area contributed by atoms with Crippen LogP contribution < -0.4 is 5.32 Å². The number of rotatable bonds is 4. The third-order valence-electron chi connectivity index (χ3n) is 2.45. The summed E-state index contributed by atoms with van der Waals surface area (Å²) in [6.45, 7) is 2.71. The van der Waals surface area contributed by atoms with Crippen LogP contribution in [0.15, 0.2) is 35.2 Å². The van der Waals surface area contributed by atoms with Gasteiger partial charge in [0.25, 0.3) is 5.91 Å². The summed E-state index contributed by atoms with van der Waals surface area (Å²) in [5.41, 5.74) is 4.64. The number of aromatic nitrogens is 1. The van der Waals surface area contributed by atoms with Crippen molar-refractivity contribution < 1.29 is 4.79 Å². The Kier molecular flexibility index (Phi) is 3.88. The number of hydrogen-bond donors (Lipinski definition) is 1. The standard InChI is InChI=1S/C13H14N2OS/c1-10-3-2-4-11(7-10)5-6-14-13(16)12-8-17-9-15-12/h2-4,7-9H,5-6H2,1H3,(H,14,16). The highest BCUT2D eigenvalue weighted by molar-refractivity contribution is 7.07. The highest BCUT2D eigenvalue weighted by Crippen LogP contribution is 2.04. The fourth-order valence-electron chi connectivity index (χ4n) is 1.60. The smallest absolute Gasteiger partial charge is 0.270 e. The fourth-order valence-corrected chi connectivity index (χ4v) is 2.14. The van der Waals surface area contributed by atoms with Gasteiger partial charge in [-0.15, -0.1) is 11.3 Å². The molecule has 0 fully saturated rings. The van der Waals surface area contributed by atoms with Crippen LogP contribution in [0.5, 0.6) is 0 Å². The Hall–Kier alpha value is -1.68. The van der Waals surface area contributed by atoms with Gasteiger partial charge in [-0.2, -0.15) is 0 Å². The molecule has 4 heteroatoms. The molecule has 17 heavy (non-hydrogen) atoms. The molecule has 0 atom stereocenters. The van der Waals surface area contributed by atoms with Gasteiger partial charge in [-0.25, -0.2) is 4.98 Å². The molecule has 0 spiro atoms. The Balaban J connectivity index is 1.82. The average molecular weight is 246 g/mol. The molecule has 0 aliphatic heterocycles. The van der Waals surface area contributed by atoms with Crippen LogP contribution in [0.4, 0.5) is 0 Å². The second-order valence-corrected chi connectivity index (χ2v) is 4.59. The van der Waals surface area contributed by atoms with Crippen molar-refractivity contribution in [2.75, 3.05) is 6.54 Å². The van der Waals surface area contributed by atoms with Crippen molar-refractivity contribution in [1.29, 1.82) is 0 Å². The van der Waals surface area contributed by atoms with Crippen molar-refractivity contribution >= 4 is 17.2 Å². The Morgan fingerprint density at radius 2 is 2.35 bits per heavy atom. The third kappa shape index (κ3) is 3.39. The number of amides is 1. The molecule has 1 aromatic heterocycles. The Morgan fingerprint density at radius 3 is 3.06 bits per heavy atom. The average Bonchev–Trinajstić information content (AvgIpc) is 2.82. The summed E-state index contributed by atoms with van der Waals surface area (Å²) in [5.74, 6) is -0.0982. The first-order valence-electron chi connectivity index (χ1n) is 5.47. The van der Waals surface area contributed by atoms with Gasteiger partial charge in [-0.05, 0) is 18.9 Å². The van der Waals surface area contributed by atoms with Crippen molar-refractivity contribution in [3.8, 4) is 0 Å². The van der Waals surface area contributed by atoms with Crippen molar-refractivity contribution in [2.24, 2.45) is 0 Å². The van der Waals surface area contributed by atoms with E-state index in [4.69, 9.17) is 0 Å². The summed E-state index contributed by atoms with van der Waals surface area (Å²) in [7, 11) is 0. The molecule has 0 saturated heterocycles. The van der Waals surface area contributed by atoms with E-state index in [0.717, 1.165) is 6.42 Å². The molecule has 1 N–H and O–H groups in total.